The molecule has 0 radical (unpaired) electrons. The normalized spacial score (nSPS) is 13.3. The van der Waals surface area contributed by atoms with Crippen molar-refractivity contribution in [1.29, 1.82) is 0 Å². The molecule has 0 aliphatic heterocycles. The highest BCUT2D eigenvalue weighted by Crippen LogP contribution is 2.44. The molecular formula is C21H32N2O4. The van der Waals surface area contributed by atoms with E-state index in [1.165, 1.54) is 0 Å². The Morgan fingerprint density at radius 2 is 1.63 bits per heavy atom. The highest BCUT2D eigenvalue weighted by molar-refractivity contribution is 5.55. The average molecular weight is 376 g/mol. The lowest BCUT2D eigenvalue weighted by atomic mass is 9.87. The Morgan fingerprint density at radius 3 is 2.15 bits per heavy atom. The summed E-state index contributed by atoms with van der Waals surface area (Å²) in [5, 5.41) is 11.8. The molecule has 0 fully saturated rings. The molecule has 1 atom stereocenters. The third kappa shape index (κ3) is 4.38. The summed E-state index contributed by atoms with van der Waals surface area (Å²) in [6.45, 7) is 5.09. The van der Waals surface area contributed by atoms with Crippen LogP contribution in [0.2, 0.25) is 0 Å². The van der Waals surface area contributed by atoms with Crippen LogP contribution in [0.5, 0.6) is 17.2 Å². The second kappa shape index (κ2) is 9.65. The molecule has 0 amide bonds. The molecule has 27 heavy (non-hydrogen) atoms. The quantitative estimate of drug-likeness (QED) is 0.639. The molecule has 1 N–H and O–H groups in total. The Labute approximate surface area is 162 Å². The molecule has 0 aliphatic rings. The number of hydrogen-bond acceptors (Lipinski definition) is 5. The molecule has 2 rings (SSSR count). The number of aryl methyl sites for hydroxylation is 1. The minimum atomic E-state index is -1.24. The molecule has 0 saturated heterocycles. The van der Waals surface area contributed by atoms with Gasteiger partial charge in [-0.05, 0) is 30.5 Å². The second-order valence-corrected chi connectivity index (χ2v) is 6.68. The Bertz CT molecular complexity index is 704. The lowest BCUT2D eigenvalue weighted by molar-refractivity contribution is 0.0546. The van der Waals surface area contributed by atoms with E-state index in [2.05, 4.69) is 18.8 Å². The van der Waals surface area contributed by atoms with Crippen LogP contribution in [0.15, 0.2) is 24.5 Å². The van der Waals surface area contributed by atoms with Gasteiger partial charge in [-0.3, -0.25) is 0 Å². The van der Waals surface area contributed by atoms with E-state index in [0.29, 0.717) is 35.1 Å². The number of benzene rings is 1. The molecule has 1 heterocycles. The fourth-order valence-electron chi connectivity index (χ4n) is 3.32. The van der Waals surface area contributed by atoms with Crippen molar-refractivity contribution in [3.05, 3.63) is 35.9 Å². The maximum absolute atomic E-state index is 11.8. The molecule has 0 spiro atoms. The van der Waals surface area contributed by atoms with Gasteiger partial charge in [0.25, 0.3) is 0 Å². The first kappa shape index (κ1) is 21.1. The van der Waals surface area contributed by atoms with E-state index in [9.17, 15) is 5.11 Å². The summed E-state index contributed by atoms with van der Waals surface area (Å²) in [6, 6.07) is 3.63. The molecule has 6 heteroatoms. The first-order valence-electron chi connectivity index (χ1n) is 9.60. The molecule has 0 aliphatic carbocycles. The minimum absolute atomic E-state index is 0.510. The van der Waals surface area contributed by atoms with Gasteiger partial charge in [-0.25, -0.2) is 4.98 Å². The second-order valence-electron chi connectivity index (χ2n) is 6.68. The molecule has 1 aromatic heterocycles. The van der Waals surface area contributed by atoms with Crippen molar-refractivity contribution in [3.63, 3.8) is 0 Å². The lowest BCUT2D eigenvalue weighted by Crippen LogP contribution is -2.31. The summed E-state index contributed by atoms with van der Waals surface area (Å²) in [7, 11) is 4.73. The number of unbranched alkanes of at least 4 members (excludes halogenated alkanes) is 2. The first-order valence-corrected chi connectivity index (χ1v) is 9.60. The summed E-state index contributed by atoms with van der Waals surface area (Å²) in [4.78, 5) is 4.52. The van der Waals surface area contributed by atoms with Gasteiger partial charge in [0.05, 0.1) is 21.3 Å². The zero-order chi connectivity index (χ0) is 19.9. The van der Waals surface area contributed by atoms with Gasteiger partial charge in [-0.2, -0.15) is 0 Å². The van der Waals surface area contributed by atoms with Crippen LogP contribution in [-0.4, -0.2) is 36.0 Å². The number of methoxy groups -OCH3 is 3. The maximum atomic E-state index is 11.8. The Morgan fingerprint density at radius 1 is 1.00 bits per heavy atom. The SMILES string of the molecule is CCCCn1ccnc1C(O)(CCCC)c1cc(OC)c(OC)c(OC)c1. The van der Waals surface area contributed by atoms with Gasteiger partial charge in [-0.1, -0.05) is 33.1 Å². The Kier molecular flexibility index (Phi) is 7.54. The van der Waals surface area contributed by atoms with Gasteiger partial charge in [0.15, 0.2) is 11.5 Å². The smallest absolute Gasteiger partial charge is 0.203 e. The monoisotopic (exact) mass is 376 g/mol. The van der Waals surface area contributed by atoms with Crippen LogP contribution in [0.1, 0.15) is 57.3 Å². The largest absolute Gasteiger partial charge is 0.493 e. The zero-order valence-corrected chi connectivity index (χ0v) is 17.1. The van der Waals surface area contributed by atoms with Crippen LogP contribution in [0.3, 0.4) is 0 Å². The number of imidazole rings is 1. The summed E-state index contributed by atoms with van der Waals surface area (Å²) in [6.07, 6.45) is 8.19. The van der Waals surface area contributed by atoms with Crippen LogP contribution in [0.25, 0.3) is 0 Å². The third-order valence-electron chi connectivity index (χ3n) is 4.87. The van der Waals surface area contributed by atoms with E-state index in [0.717, 1.165) is 32.2 Å². The van der Waals surface area contributed by atoms with E-state index < -0.39 is 5.60 Å². The van der Waals surface area contributed by atoms with E-state index in [4.69, 9.17) is 14.2 Å². The van der Waals surface area contributed by atoms with Crippen LogP contribution in [-0.2, 0) is 12.1 Å². The lowest BCUT2D eigenvalue weighted by Gasteiger charge is -2.30. The molecular weight excluding hydrogens is 344 g/mol. The van der Waals surface area contributed by atoms with Crippen LogP contribution in [0, 0.1) is 0 Å². The number of nitrogens with zero attached hydrogens (tertiary/aromatic N) is 2. The third-order valence-corrected chi connectivity index (χ3v) is 4.87. The van der Waals surface area contributed by atoms with Gasteiger partial charge in [-0.15, -0.1) is 0 Å². The van der Waals surface area contributed by atoms with Crippen molar-refractivity contribution in [1.82, 2.24) is 9.55 Å². The van der Waals surface area contributed by atoms with Crippen molar-refractivity contribution >= 4 is 0 Å². The van der Waals surface area contributed by atoms with Crippen LogP contribution < -0.4 is 14.2 Å². The van der Waals surface area contributed by atoms with Gasteiger partial charge in [0, 0.05) is 18.9 Å². The van der Waals surface area contributed by atoms with Crippen molar-refractivity contribution in [3.8, 4) is 17.2 Å². The fraction of sp³-hybridized carbons (Fsp3) is 0.571. The summed E-state index contributed by atoms with van der Waals surface area (Å²) < 4.78 is 18.4. The molecule has 6 nitrogen and oxygen atoms in total. The molecule has 0 bridgehead atoms. The summed E-state index contributed by atoms with van der Waals surface area (Å²) >= 11 is 0. The summed E-state index contributed by atoms with van der Waals surface area (Å²) in [5.41, 5.74) is -0.547. The standard InChI is InChI=1S/C21H32N2O4/c1-6-8-10-21(24,20-22-11-13-23(20)12-9-7-2)16-14-17(25-3)19(27-5)18(15-16)26-4/h11,13-15,24H,6-10,12H2,1-5H3. The maximum Gasteiger partial charge on any atom is 0.203 e. The van der Waals surface area contributed by atoms with Gasteiger partial charge in [0.2, 0.25) is 5.75 Å². The topological polar surface area (TPSA) is 65.7 Å². The van der Waals surface area contributed by atoms with E-state index in [1.54, 1.807) is 27.5 Å². The highest BCUT2D eigenvalue weighted by atomic mass is 16.5. The molecule has 150 valence electrons. The molecule has 0 saturated carbocycles. The van der Waals surface area contributed by atoms with Crippen molar-refractivity contribution < 1.29 is 19.3 Å². The van der Waals surface area contributed by atoms with Gasteiger partial charge >= 0.3 is 0 Å². The van der Waals surface area contributed by atoms with Crippen molar-refractivity contribution in [2.45, 2.75) is 58.1 Å². The van der Waals surface area contributed by atoms with E-state index in [1.807, 2.05) is 22.9 Å². The van der Waals surface area contributed by atoms with E-state index >= 15 is 0 Å². The summed E-state index contributed by atoms with van der Waals surface area (Å²) in [5.74, 6) is 2.21. The number of rotatable bonds is 11. The predicted octanol–water partition coefficient (Wildman–Crippen LogP) is 4.14. The Balaban J connectivity index is 2.61. The molecule has 1 aromatic carbocycles. The van der Waals surface area contributed by atoms with E-state index in [-0.39, 0.29) is 0 Å². The average Bonchev–Trinajstić information content (AvgIpc) is 3.18. The number of aromatic nitrogens is 2. The van der Waals surface area contributed by atoms with Gasteiger partial charge < -0.3 is 23.9 Å². The van der Waals surface area contributed by atoms with Crippen molar-refractivity contribution in [2.75, 3.05) is 21.3 Å². The Hall–Kier alpha value is -2.21. The molecule has 2 aromatic rings. The minimum Gasteiger partial charge on any atom is -0.493 e. The fourth-order valence-corrected chi connectivity index (χ4v) is 3.32. The zero-order valence-electron chi connectivity index (χ0n) is 17.1. The molecule has 1 unspecified atom stereocenters. The first-order chi connectivity index (χ1) is 13.0. The van der Waals surface area contributed by atoms with Gasteiger partial charge in [0.1, 0.15) is 11.4 Å². The van der Waals surface area contributed by atoms with Crippen LogP contribution in [0.4, 0.5) is 0 Å². The number of aliphatic hydroxyl groups is 1. The predicted molar refractivity (Wildman–Crippen MR) is 106 cm³/mol. The van der Waals surface area contributed by atoms with Crippen molar-refractivity contribution in [2.24, 2.45) is 0 Å². The number of ether oxygens (including phenoxy) is 3. The van der Waals surface area contributed by atoms with Crippen LogP contribution >= 0.6 is 0 Å². The highest BCUT2D eigenvalue weighted by Gasteiger charge is 2.37. The number of hydrogen-bond donors (Lipinski definition) is 1.